The number of hydrogen-bond donors (Lipinski definition) is 2. The second kappa shape index (κ2) is 5.10. The van der Waals surface area contributed by atoms with Crippen LogP contribution in [0, 0.1) is 11.6 Å². The molecular weight excluding hydrogens is 266 g/mol. The van der Waals surface area contributed by atoms with Gasteiger partial charge in [-0.15, -0.1) is 11.3 Å². The molecule has 0 spiro atoms. The molecule has 17 heavy (non-hydrogen) atoms. The van der Waals surface area contributed by atoms with Crippen LogP contribution in [0.4, 0.5) is 8.78 Å². The minimum atomic E-state index is -0.907. The molecule has 2 rings (SSSR count). The number of hydrogen-bond acceptors (Lipinski definition) is 3. The average Bonchev–Trinajstić information content (AvgIpc) is 2.71. The topological polar surface area (TPSA) is 38.0 Å². The van der Waals surface area contributed by atoms with E-state index in [2.05, 4.69) is 5.43 Å². The number of nitrogens with one attached hydrogen (secondary N) is 1. The van der Waals surface area contributed by atoms with Gasteiger partial charge in [-0.1, -0.05) is 17.7 Å². The van der Waals surface area contributed by atoms with E-state index in [1.807, 2.05) is 5.38 Å². The summed E-state index contributed by atoms with van der Waals surface area (Å²) in [5, 5.41) is 2.35. The van der Waals surface area contributed by atoms with Crippen molar-refractivity contribution < 1.29 is 8.78 Å². The summed E-state index contributed by atoms with van der Waals surface area (Å²) >= 11 is 7.38. The monoisotopic (exact) mass is 274 g/mol. The summed E-state index contributed by atoms with van der Waals surface area (Å²) in [5.41, 5.74) is 3.07. The lowest BCUT2D eigenvalue weighted by molar-refractivity contribution is 0.504. The highest BCUT2D eigenvalue weighted by molar-refractivity contribution is 7.10. The summed E-state index contributed by atoms with van der Waals surface area (Å²) in [5.74, 6) is 3.64. The first kappa shape index (κ1) is 12.4. The quantitative estimate of drug-likeness (QED) is 0.666. The van der Waals surface area contributed by atoms with Crippen LogP contribution in [0.5, 0.6) is 0 Å². The van der Waals surface area contributed by atoms with Crippen LogP contribution in [-0.2, 0) is 0 Å². The molecule has 0 radical (unpaired) electrons. The molecule has 90 valence electrons. The predicted molar refractivity (Wildman–Crippen MR) is 64.9 cm³/mol. The normalized spacial score (nSPS) is 12.7. The highest BCUT2D eigenvalue weighted by Gasteiger charge is 2.18. The van der Waals surface area contributed by atoms with E-state index in [1.54, 1.807) is 6.07 Å². The third kappa shape index (κ3) is 2.47. The Morgan fingerprint density at radius 2 is 2.00 bits per heavy atom. The van der Waals surface area contributed by atoms with Gasteiger partial charge in [-0.25, -0.2) is 14.2 Å². The van der Waals surface area contributed by atoms with E-state index in [1.165, 1.54) is 17.4 Å². The standard InChI is InChI=1S/C11H9ClF2N2S/c12-7-3-4-17-11(7)10(16-15)6-1-2-8(13)9(14)5-6/h1-5,10,16H,15H2. The van der Waals surface area contributed by atoms with Crippen LogP contribution in [0.25, 0.3) is 0 Å². The molecule has 1 unspecified atom stereocenters. The van der Waals surface area contributed by atoms with E-state index in [-0.39, 0.29) is 0 Å². The molecule has 1 heterocycles. The van der Waals surface area contributed by atoms with Crippen molar-refractivity contribution in [3.63, 3.8) is 0 Å². The molecule has 0 fully saturated rings. The first-order chi connectivity index (χ1) is 8.13. The molecule has 1 atom stereocenters. The average molecular weight is 275 g/mol. The molecule has 0 amide bonds. The van der Waals surface area contributed by atoms with E-state index in [0.29, 0.717) is 10.6 Å². The van der Waals surface area contributed by atoms with E-state index >= 15 is 0 Å². The number of rotatable bonds is 3. The Morgan fingerprint density at radius 1 is 1.24 bits per heavy atom. The zero-order valence-corrected chi connectivity index (χ0v) is 10.2. The van der Waals surface area contributed by atoms with Gasteiger partial charge in [-0.3, -0.25) is 5.84 Å². The van der Waals surface area contributed by atoms with Gasteiger partial charge in [0.25, 0.3) is 0 Å². The van der Waals surface area contributed by atoms with Gasteiger partial charge in [-0.05, 0) is 29.1 Å². The van der Waals surface area contributed by atoms with Crippen molar-refractivity contribution in [2.24, 2.45) is 5.84 Å². The summed E-state index contributed by atoms with van der Waals surface area (Å²) in [4.78, 5) is 0.764. The van der Waals surface area contributed by atoms with Crippen molar-refractivity contribution in [3.05, 3.63) is 56.7 Å². The number of nitrogens with two attached hydrogens (primary N) is 1. The van der Waals surface area contributed by atoms with Crippen LogP contribution in [0.15, 0.2) is 29.6 Å². The van der Waals surface area contributed by atoms with Gasteiger partial charge in [0.2, 0.25) is 0 Å². The number of thiophene rings is 1. The zero-order chi connectivity index (χ0) is 12.4. The lowest BCUT2D eigenvalue weighted by Gasteiger charge is -2.15. The Morgan fingerprint density at radius 3 is 2.53 bits per heavy atom. The lowest BCUT2D eigenvalue weighted by Crippen LogP contribution is -2.28. The highest BCUT2D eigenvalue weighted by atomic mass is 35.5. The smallest absolute Gasteiger partial charge is 0.159 e. The van der Waals surface area contributed by atoms with Crippen molar-refractivity contribution >= 4 is 22.9 Å². The number of benzene rings is 1. The molecule has 0 saturated heterocycles. The molecule has 0 bridgehead atoms. The van der Waals surface area contributed by atoms with E-state index in [0.717, 1.165) is 17.0 Å². The fourth-order valence-corrected chi connectivity index (χ4v) is 2.78. The molecule has 2 aromatic rings. The van der Waals surface area contributed by atoms with E-state index in [4.69, 9.17) is 17.4 Å². The predicted octanol–water partition coefficient (Wildman–Crippen LogP) is 3.23. The molecule has 3 N–H and O–H groups in total. The van der Waals surface area contributed by atoms with Gasteiger partial charge in [0, 0.05) is 4.88 Å². The Balaban J connectivity index is 2.42. The van der Waals surface area contributed by atoms with Crippen molar-refractivity contribution in [1.29, 1.82) is 0 Å². The zero-order valence-electron chi connectivity index (χ0n) is 8.58. The Hall–Kier alpha value is -1.01. The first-order valence-electron chi connectivity index (χ1n) is 4.77. The van der Waals surface area contributed by atoms with Crippen LogP contribution in [0.3, 0.4) is 0 Å². The largest absolute Gasteiger partial charge is 0.271 e. The SMILES string of the molecule is NNC(c1ccc(F)c(F)c1)c1sccc1Cl. The summed E-state index contributed by atoms with van der Waals surface area (Å²) in [6.07, 6.45) is 0. The molecular formula is C11H9ClF2N2S. The van der Waals surface area contributed by atoms with Crippen molar-refractivity contribution in [2.75, 3.05) is 0 Å². The second-order valence-corrected chi connectivity index (χ2v) is 4.76. The van der Waals surface area contributed by atoms with Crippen LogP contribution in [-0.4, -0.2) is 0 Å². The molecule has 0 saturated carbocycles. The highest BCUT2D eigenvalue weighted by Crippen LogP contribution is 2.32. The van der Waals surface area contributed by atoms with Gasteiger partial charge in [-0.2, -0.15) is 0 Å². The second-order valence-electron chi connectivity index (χ2n) is 3.41. The molecule has 2 nitrogen and oxygen atoms in total. The number of hydrazine groups is 1. The summed E-state index contributed by atoms with van der Waals surface area (Å²) in [6, 6.07) is 4.93. The van der Waals surface area contributed by atoms with Crippen LogP contribution < -0.4 is 11.3 Å². The maximum Gasteiger partial charge on any atom is 0.159 e. The molecule has 6 heteroatoms. The summed E-state index contributed by atoms with van der Waals surface area (Å²) < 4.78 is 26.0. The van der Waals surface area contributed by atoms with Crippen LogP contribution in [0.1, 0.15) is 16.5 Å². The summed E-state index contributed by atoms with van der Waals surface area (Å²) in [7, 11) is 0. The van der Waals surface area contributed by atoms with Crippen LogP contribution in [0.2, 0.25) is 5.02 Å². The van der Waals surface area contributed by atoms with Crippen molar-refractivity contribution in [3.8, 4) is 0 Å². The molecule has 1 aromatic carbocycles. The molecule has 0 aliphatic carbocycles. The lowest BCUT2D eigenvalue weighted by atomic mass is 10.1. The third-order valence-electron chi connectivity index (χ3n) is 2.35. The maximum absolute atomic E-state index is 13.1. The van der Waals surface area contributed by atoms with Crippen LogP contribution >= 0.6 is 22.9 Å². The van der Waals surface area contributed by atoms with Crippen molar-refractivity contribution in [2.45, 2.75) is 6.04 Å². The molecule has 0 aliphatic heterocycles. The van der Waals surface area contributed by atoms with Gasteiger partial charge >= 0.3 is 0 Å². The van der Waals surface area contributed by atoms with E-state index < -0.39 is 17.7 Å². The fourth-order valence-electron chi connectivity index (χ4n) is 1.53. The minimum absolute atomic E-state index is 0.447. The molecule has 1 aromatic heterocycles. The Kier molecular flexibility index (Phi) is 3.73. The number of halogens is 3. The fraction of sp³-hybridized carbons (Fsp3) is 0.0909. The van der Waals surface area contributed by atoms with Gasteiger partial charge in [0.05, 0.1) is 11.1 Å². The first-order valence-corrected chi connectivity index (χ1v) is 6.03. The Labute approximate surface area is 106 Å². The maximum atomic E-state index is 13.1. The van der Waals surface area contributed by atoms with Gasteiger partial charge in [0.15, 0.2) is 11.6 Å². The minimum Gasteiger partial charge on any atom is -0.271 e. The molecule has 0 aliphatic rings. The third-order valence-corrected chi connectivity index (χ3v) is 3.77. The Bertz CT molecular complexity index is 530. The van der Waals surface area contributed by atoms with Gasteiger partial charge < -0.3 is 0 Å². The summed E-state index contributed by atoms with van der Waals surface area (Å²) in [6.45, 7) is 0. The van der Waals surface area contributed by atoms with Gasteiger partial charge in [0.1, 0.15) is 0 Å². The van der Waals surface area contributed by atoms with Crippen molar-refractivity contribution in [1.82, 2.24) is 5.43 Å². The van der Waals surface area contributed by atoms with E-state index in [9.17, 15) is 8.78 Å².